The van der Waals surface area contributed by atoms with Gasteiger partial charge in [-0.15, -0.1) is 0 Å². The van der Waals surface area contributed by atoms with E-state index in [1.54, 1.807) is 0 Å². The quantitative estimate of drug-likeness (QED) is 0.706. The van der Waals surface area contributed by atoms with Gasteiger partial charge in [-0.1, -0.05) is 27.2 Å². The Bertz CT molecular complexity index is 336. The van der Waals surface area contributed by atoms with Crippen LogP contribution in [0.2, 0.25) is 0 Å². The molecule has 0 aliphatic heterocycles. The number of aliphatic carboxylic acids is 1. The lowest BCUT2D eigenvalue weighted by molar-refractivity contribution is -0.142. The van der Waals surface area contributed by atoms with Crippen LogP contribution in [0.1, 0.15) is 52.9 Å². The maximum atomic E-state index is 11.9. The first-order valence-corrected chi connectivity index (χ1v) is 6.97. The van der Waals surface area contributed by atoms with E-state index in [9.17, 15) is 9.59 Å². The van der Waals surface area contributed by atoms with E-state index in [0.717, 1.165) is 19.3 Å². The molecular formula is C14H26N2O3. The number of nitrogens with two attached hydrogens (primary N) is 1. The molecular weight excluding hydrogens is 244 g/mol. The van der Waals surface area contributed by atoms with E-state index in [1.807, 2.05) is 0 Å². The molecule has 3 unspecified atom stereocenters. The van der Waals surface area contributed by atoms with E-state index in [1.165, 1.54) is 0 Å². The summed E-state index contributed by atoms with van der Waals surface area (Å²) in [5, 5.41) is 11.9. The zero-order valence-electron chi connectivity index (χ0n) is 12.1. The molecule has 0 heterocycles. The van der Waals surface area contributed by atoms with E-state index < -0.39 is 11.9 Å². The Balaban J connectivity index is 2.41. The van der Waals surface area contributed by atoms with Gasteiger partial charge in [0.15, 0.2) is 0 Å². The van der Waals surface area contributed by atoms with Gasteiger partial charge in [0, 0.05) is 18.5 Å². The molecule has 0 aromatic rings. The number of amides is 1. The smallest absolute Gasteiger partial charge is 0.308 e. The molecule has 0 bridgehead atoms. The summed E-state index contributed by atoms with van der Waals surface area (Å²) >= 11 is 0. The topological polar surface area (TPSA) is 92.4 Å². The lowest BCUT2D eigenvalue weighted by Gasteiger charge is -2.24. The summed E-state index contributed by atoms with van der Waals surface area (Å²) in [4.78, 5) is 22.9. The second-order valence-corrected chi connectivity index (χ2v) is 6.78. The molecule has 3 atom stereocenters. The summed E-state index contributed by atoms with van der Waals surface area (Å²) in [6.45, 7) is 6.26. The van der Waals surface area contributed by atoms with E-state index in [2.05, 4.69) is 26.1 Å². The predicted molar refractivity (Wildman–Crippen MR) is 73.6 cm³/mol. The van der Waals surface area contributed by atoms with E-state index >= 15 is 0 Å². The Morgan fingerprint density at radius 1 is 1.37 bits per heavy atom. The van der Waals surface area contributed by atoms with Gasteiger partial charge in [0.1, 0.15) is 0 Å². The Morgan fingerprint density at radius 3 is 2.53 bits per heavy atom. The van der Waals surface area contributed by atoms with Gasteiger partial charge in [-0.2, -0.15) is 0 Å². The number of carboxylic acids is 1. The normalized spacial score (nSPS) is 25.1. The highest BCUT2D eigenvalue weighted by molar-refractivity contribution is 5.78. The second kappa shape index (κ2) is 6.37. The number of nitrogens with one attached hydrogen (secondary N) is 1. The van der Waals surface area contributed by atoms with Crippen LogP contribution in [0.15, 0.2) is 0 Å². The van der Waals surface area contributed by atoms with Gasteiger partial charge in [0.2, 0.25) is 5.91 Å². The number of carbonyl (C=O) groups excluding carboxylic acids is 1. The van der Waals surface area contributed by atoms with Crippen LogP contribution in [0.5, 0.6) is 0 Å². The monoisotopic (exact) mass is 270 g/mol. The molecule has 0 aromatic carbocycles. The van der Waals surface area contributed by atoms with Crippen molar-refractivity contribution in [2.24, 2.45) is 17.1 Å². The third-order valence-corrected chi connectivity index (χ3v) is 3.50. The average Bonchev–Trinajstić information content (AvgIpc) is 2.61. The van der Waals surface area contributed by atoms with Crippen LogP contribution in [0.3, 0.4) is 0 Å². The number of rotatable bonds is 5. The highest BCUT2D eigenvalue weighted by Crippen LogP contribution is 2.26. The first-order valence-electron chi connectivity index (χ1n) is 6.97. The molecule has 1 amide bonds. The summed E-state index contributed by atoms with van der Waals surface area (Å²) in [5.74, 6) is -1.39. The number of carbonyl (C=O) groups is 2. The van der Waals surface area contributed by atoms with Crippen molar-refractivity contribution in [1.29, 1.82) is 0 Å². The lowest BCUT2D eigenvalue weighted by atomic mass is 9.87. The van der Waals surface area contributed by atoms with Crippen molar-refractivity contribution in [2.75, 3.05) is 0 Å². The Hall–Kier alpha value is -1.10. The molecule has 110 valence electrons. The molecule has 5 nitrogen and oxygen atoms in total. The molecule has 0 spiro atoms. The fourth-order valence-corrected chi connectivity index (χ4v) is 2.79. The second-order valence-electron chi connectivity index (χ2n) is 6.78. The fourth-order valence-electron chi connectivity index (χ4n) is 2.79. The van der Waals surface area contributed by atoms with Crippen molar-refractivity contribution in [2.45, 2.75) is 65.0 Å². The van der Waals surface area contributed by atoms with Crippen LogP contribution in [0.25, 0.3) is 0 Å². The minimum Gasteiger partial charge on any atom is -0.481 e. The molecule has 1 aliphatic rings. The molecule has 0 saturated heterocycles. The van der Waals surface area contributed by atoms with Crippen LogP contribution in [-0.2, 0) is 9.59 Å². The third kappa shape index (κ3) is 5.59. The standard InChI is InChI=1S/C14H26N2O3/c1-14(2,3)8-9(15)7-12(17)16-11-6-4-5-10(11)13(18)19/h9-11H,4-8,15H2,1-3H3,(H,16,17)(H,18,19). The van der Waals surface area contributed by atoms with Gasteiger partial charge in [-0.05, 0) is 24.7 Å². The van der Waals surface area contributed by atoms with E-state index in [0.29, 0.717) is 6.42 Å². The highest BCUT2D eigenvalue weighted by Gasteiger charge is 2.34. The van der Waals surface area contributed by atoms with Gasteiger partial charge < -0.3 is 16.2 Å². The molecule has 19 heavy (non-hydrogen) atoms. The Morgan fingerprint density at radius 2 is 2.00 bits per heavy atom. The zero-order valence-corrected chi connectivity index (χ0v) is 12.1. The summed E-state index contributed by atoms with van der Waals surface area (Å²) in [7, 11) is 0. The molecule has 1 saturated carbocycles. The van der Waals surface area contributed by atoms with Crippen molar-refractivity contribution in [1.82, 2.24) is 5.32 Å². The van der Waals surface area contributed by atoms with Crippen LogP contribution in [0.4, 0.5) is 0 Å². The molecule has 4 N–H and O–H groups in total. The van der Waals surface area contributed by atoms with Gasteiger partial charge in [-0.25, -0.2) is 0 Å². The molecule has 1 rings (SSSR count). The van der Waals surface area contributed by atoms with Crippen LogP contribution in [-0.4, -0.2) is 29.1 Å². The van der Waals surface area contributed by atoms with Gasteiger partial charge in [0.25, 0.3) is 0 Å². The first-order chi connectivity index (χ1) is 8.69. The van der Waals surface area contributed by atoms with E-state index in [4.69, 9.17) is 10.8 Å². The third-order valence-electron chi connectivity index (χ3n) is 3.50. The Labute approximate surface area is 114 Å². The number of carboxylic acid groups (broad SMARTS) is 1. The molecule has 0 radical (unpaired) electrons. The Kier molecular flexibility index (Phi) is 5.35. The van der Waals surface area contributed by atoms with E-state index in [-0.39, 0.29) is 29.8 Å². The largest absolute Gasteiger partial charge is 0.481 e. The van der Waals surface area contributed by atoms with Gasteiger partial charge >= 0.3 is 5.97 Å². The SMILES string of the molecule is CC(C)(C)CC(N)CC(=O)NC1CCCC1C(=O)O. The zero-order chi connectivity index (χ0) is 14.6. The van der Waals surface area contributed by atoms with Crippen molar-refractivity contribution < 1.29 is 14.7 Å². The van der Waals surface area contributed by atoms with Crippen LogP contribution >= 0.6 is 0 Å². The maximum absolute atomic E-state index is 11.9. The molecule has 1 fully saturated rings. The van der Waals surface area contributed by atoms with Crippen molar-refractivity contribution in [3.05, 3.63) is 0 Å². The minimum atomic E-state index is -0.818. The van der Waals surface area contributed by atoms with Gasteiger partial charge in [0.05, 0.1) is 5.92 Å². The summed E-state index contributed by atoms with van der Waals surface area (Å²) < 4.78 is 0. The molecule has 0 aromatic heterocycles. The lowest BCUT2D eigenvalue weighted by Crippen LogP contribution is -2.42. The van der Waals surface area contributed by atoms with Crippen LogP contribution in [0, 0.1) is 11.3 Å². The number of hydrogen-bond acceptors (Lipinski definition) is 3. The van der Waals surface area contributed by atoms with Crippen molar-refractivity contribution >= 4 is 11.9 Å². The van der Waals surface area contributed by atoms with Crippen molar-refractivity contribution in [3.8, 4) is 0 Å². The first kappa shape index (κ1) is 16.0. The highest BCUT2D eigenvalue weighted by atomic mass is 16.4. The predicted octanol–water partition coefficient (Wildman–Crippen LogP) is 1.51. The van der Waals surface area contributed by atoms with Crippen molar-refractivity contribution in [3.63, 3.8) is 0 Å². The summed E-state index contributed by atoms with van der Waals surface area (Å²) in [6.07, 6.45) is 3.29. The molecule has 1 aliphatic carbocycles. The summed E-state index contributed by atoms with van der Waals surface area (Å²) in [6, 6.07) is -0.406. The summed E-state index contributed by atoms with van der Waals surface area (Å²) in [5.41, 5.74) is 6.05. The maximum Gasteiger partial charge on any atom is 0.308 e. The van der Waals surface area contributed by atoms with Gasteiger partial charge in [-0.3, -0.25) is 9.59 Å². The minimum absolute atomic E-state index is 0.0939. The van der Waals surface area contributed by atoms with Crippen LogP contribution < -0.4 is 11.1 Å². The fraction of sp³-hybridized carbons (Fsp3) is 0.857. The molecule has 5 heteroatoms. The average molecular weight is 270 g/mol. The number of hydrogen-bond donors (Lipinski definition) is 3.